The number of aliphatic hydroxyl groups excluding tert-OH is 1. The van der Waals surface area contributed by atoms with Crippen molar-refractivity contribution in [2.45, 2.75) is 26.4 Å². The zero-order chi connectivity index (χ0) is 14.9. The van der Waals surface area contributed by atoms with Crippen molar-refractivity contribution >= 4 is 17.3 Å². The molecular formula is C14H14ClNO4. The average Bonchev–Trinajstić information content (AvgIpc) is 2.89. The first kappa shape index (κ1) is 14.6. The Kier molecular flexibility index (Phi) is 4.11. The van der Waals surface area contributed by atoms with Crippen molar-refractivity contribution in [3.63, 3.8) is 0 Å². The summed E-state index contributed by atoms with van der Waals surface area (Å²) in [6.45, 7) is 3.60. The van der Waals surface area contributed by atoms with Crippen LogP contribution in [0.3, 0.4) is 0 Å². The number of hydrogen-bond donors (Lipinski definition) is 1. The maximum Gasteiger partial charge on any atom is 0.288 e. The zero-order valence-electron chi connectivity index (χ0n) is 11.1. The third kappa shape index (κ3) is 2.69. The van der Waals surface area contributed by atoms with Crippen LogP contribution in [0.4, 0.5) is 5.69 Å². The van der Waals surface area contributed by atoms with Gasteiger partial charge in [-0.15, -0.1) is 0 Å². The van der Waals surface area contributed by atoms with Crippen molar-refractivity contribution in [3.05, 3.63) is 50.7 Å². The minimum absolute atomic E-state index is 0.0598. The lowest BCUT2D eigenvalue weighted by molar-refractivity contribution is -0.384. The summed E-state index contributed by atoms with van der Waals surface area (Å²) in [6.07, 6.45) is -0.106. The van der Waals surface area contributed by atoms with Gasteiger partial charge in [-0.3, -0.25) is 10.1 Å². The molecule has 1 atom stereocenters. The molecule has 0 aliphatic carbocycles. The lowest BCUT2D eigenvalue weighted by Gasteiger charge is -2.06. The first-order valence-corrected chi connectivity index (χ1v) is 6.54. The molecule has 0 spiro atoms. The fourth-order valence-corrected chi connectivity index (χ4v) is 2.18. The highest BCUT2D eigenvalue weighted by Gasteiger charge is 2.18. The molecular weight excluding hydrogens is 282 g/mol. The van der Waals surface area contributed by atoms with E-state index < -0.39 is 11.0 Å². The van der Waals surface area contributed by atoms with Gasteiger partial charge < -0.3 is 9.52 Å². The number of nitro groups is 1. The lowest BCUT2D eigenvalue weighted by atomic mass is 10.1. The summed E-state index contributed by atoms with van der Waals surface area (Å²) in [5.74, 6) is 0.998. The van der Waals surface area contributed by atoms with Crippen molar-refractivity contribution in [2.24, 2.45) is 0 Å². The van der Waals surface area contributed by atoms with E-state index in [-0.39, 0.29) is 10.7 Å². The molecule has 2 rings (SSSR count). The normalized spacial score (nSPS) is 12.4. The monoisotopic (exact) mass is 295 g/mol. The van der Waals surface area contributed by atoms with Gasteiger partial charge in [0.05, 0.1) is 4.92 Å². The second-order valence-corrected chi connectivity index (χ2v) is 4.91. The topological polar surface area (TPSA) is 76.5 Å². The number of nitrogens with zero attached hydrogens (tertiary/aromatic N) is 1. The van der Waals surface area contributed by atoms with Gasteiger partial charge in [-0.1, -0.05) is 18.5 Å². The predicted octanol–water partition coefficient (Wildman–Crippen LogP) is 4.26. The van der Waals surface area contributed by atoms with Gasteiger partial charge in [-0.2, -0.15) is 0 Å². The molecule has 0 radical (unpaired) electrons. The molecule has 5 nitrogen and oxygen atoms in total. The largest absolute Gasteiger partial charge is 0.458 e. The maximum atomic E-state index is 10.8. The summed E-state index contributed by atoms with van der Waals surface area (Å²) in [4.78, 5) is 10.3. The molecule has 0 aliphatic rings. The summed E-state index contributed by atoms with van der Waals surface area (Å²) >= 11 is 5.91. The van der Waals surface area contributed by atoms with E-state index in [1.165, 1.54) is 12.1 Å². The molecule has 1 heterocycles. The summed E-state index contributed by atoms with van der Waals surface area (Å²) in [5, 5.41) is 20.6. The summed E-state index contributed by atoms with van der Waals surface area (Å²) in [5.41, 5.74) is 1.23. The summed E-state index contributed by atoms with van der Waals surface area (Å²) < 4.78 is 5.58. The molecule has 106 valence electrons. The Morgan fingerprint density at radius 2 is 2.15 bits per heavy atom. The van der Waals surface area contributed by atoms with Crippen molar-refractivity contribution in [1.29, 1.82) is 0 Å². The number of furan rings is 1. The van der Waals surface area contributed by atoms with Crippen LogP contribution in [0.5, 0.6) is 0 Å². The first-order valence-electron chi connectivity index (χ1n) is 6.16. The van der Waals surface area contributed by atoms with E-state index in [4.69, 9.17) is 16.0 Å². The van der Waals surface area contributed by atoms with Gasteiger partial charge in [0.2, 0.25) is 0 Å². The highest BCUT2D eigenvalue weighted by molar-refractivity contribution is 6.33. The molecule has 0 bridgehead atoms. The van der Waals surface area contributed by atoms with Crippen LogP contribution in [-0.2, 0) is 0 Å². The average molecular weight is 296 g/mol. The second-order valence-electron chi connectivity index (χ2n) is 4.50. The fraction of sp³-hybridized carbons (Fsp3) is 0.286. The highest BCUT2D eigenvalue weighted by Crippen LogP contribution is 2.35. The number of aryl methyl sites for hydroxylation is 1. The number of halogens is 1. The van der Waals surface area contributed by atoms with E-state index in [0.29, 0.717) is 29.1 Å². The zero-order valence-corrected chi connectivity index (χ0v) is 11.8. The standard InChI is InChI=1S/C14H14ClNO4/c1-3-12(17)14-5-4-13(20-14)9-7-10(15)11(16(18)19)6-8(9)2/h4-7,12,17H,3H2,1-2H3. The third-order valence-corrected chi connectivity index (χ3v) is 3.40. The van der Waals surface area contributed by atoms with Gasteiger partial charge in [0.1, 0.15) is 22.6 Å². The molecule has 0 saturated carbocycles. The number of benzene rings is 1. The smallest absolute Gasteiger partial charge is 0.288 e. The second kappa shape index (κ2) is 5.64. The van der Waals surface area contributed by atoms with E-state index in [1.807, 2.05) is 6.92 Å². The predicted molar refractivity (Wildman–Crippen MR) is 75.8 cm³/mol. The number of rotatable bonds is 4. The Hall–Kier alpha value is -1.85. The third-order valence-electron chi connectivity index (χ3n) is 3.10. The van der Waals surface area contributed by atoms with Crippen LogP contribution in [0.1, 0.15) is 30.8 Å². The van der Waals surface area contributed by atoms with E-state index in [9.17, 15) is 15.2 Å². The molecule has 1 unspecified atom stereocenters. The van der Waals surface area contributed by atoms with Crippen LogP contribution >= 0.6 is 11.6 Å². The molecule has 0 amide bonds. The molecule has 0 saturated heterocycles. The van der Waals surface area contributed by atoms with Crippen LogP contribution in [0.15, 0.2) is 28.7 Å². The SMILES string of the molecule is CCC(O)c1ccc(-c2cc(Cl)c([N+](=O)[O-])cc2C)o1. The molecule has 0 fully saturated rings. The molecule has 1 N–H and O–H groups in total. The maximum absolute atomic E-state index is 10.8. The van der Waals surface area contributed by atoms with Crippen molar-refractivity contribution in [3.8, 4) is 11.3 Å². The Morgan fingerprint density at radius 1 is 1.45 bits per heavy atom. The Labute approximate surface area is 120 Å². The number of hydrogen-bond acceptors (Lipinski definition) is 4. The molecule has 6 heteroatoms. The van der Waals surface area contributed by atoms with Gasteiger partial charge in [0, 0.05) is 11.6 Å². The van der Waals surface area contributed by atoms with Crippen molar-refractivity contribution < 1.29 is 14.4 Å². The van der Waals surface area contributed by atoms with Crippen molar-refractivity contribution in [2.75, 3.05) is 0 Å². The lowest BCUT2D eigenvalue weighted by Crippen LogP contribution is -1.93. The fourth-order valence-electron chi connectivity index (χ4n) is 1.95. The van der Waals surface area contributed by atoms with E-state index in [0.717, 1.165) is 0 Å². The van der Waals surface area contributed by atoms with Crippen molar-refractivity contribution in [1.82, 2.24) is 0 Å². The summed E-state index contributed by atoms with van der Waals surface area (Å²) in [7, 11) is 0. The Balaban J connectivity index is 2.45. The van der Waals surface area contributed by atoms with E-state index >= 15 is 0 Å². The van der Waals surface area contributed by atoms with E-state index in [2.05, 4.69) is 0 Å². The Morgan fingerprint density at radius 3 is 2.75 bits per heavy atom. The van der Waals surface area contributed by atoms with Gasteiger partial charge in [-0.05, 0) is 37.1 Å². The number of aliphatic hydroxyl groups is 1. The molecule has 0 aliphatic heterocycles. The Bertz CT molecular complexity index is 651. The van der Waals surface area contributed by atoms with E-state index in [1.54, 1.807) is 19.1 Å². The first-order chi connectivity index (χ1) is 9.43. The van der Waals surface area contributed by atoms with Crippen LogP contribution in [0.2, 0.25) is 5.02 Å². The number of nitro benzene ring substituents is 1. The minimum atomic E-state index is -0.655. The van der Waals surface area contributed by atoms with Crippen LogP contribution in [0.25, 0.3) is 11.3 Å². The molecule has 20 heavy (non-hydrogen) atoms. The van der Waals surface area contributed by atoms with Gasteiger partial charge in [0.15, 0.2) is 0 Å². The van der Waals surface area contributed by atoms with Crippen LogP contribution in [0, 0.1) is 17.0 Å². The minimum Gasteiger partial charge on any atom is -0.458 e. The summed E-state index contributed by atoms with van der Waals surface area (Å²) in [6, 6.07) is 6.34. The molecule has 2 aromatic rings. The molecule has 1 aromatic heterocycles. The van der Waals surface area contributed by atoms with Crippen LogP contribution < -0.4 is 0 Å². The highest BCUT2D eigenvalue weighted by atomic mass is 35.5. The van der Waals surface area contributed by atoms with Crippen LogP contribution in [-0.4, -0.2) is 10.0 Å². The quantitative estimate of drug-likeness (QED) is 0.675. The molecule has 1 aromatic carbocycles. The van der Waals surface area contributed by atoms with Gasteiger partial charge in [-0.25, -0.2) is 0 Å². The van der Waals surface area contributed by atoms with Gasteiger partial charge >= 0.3 is 0 Å². The van der Waals surface area contributed by atoms with Gasteiger partial charge in [0.25, 0.3) is 5.69 Å².